The molecule has 2 aliphatic rings. The van der Waals surface area contributed by atoms with Crippen LogP contribution in [0.15, 0.2) is 46.1 Å². The molecule has 0 radical (unpaired) electrons. The Morgan fingerprint density at radius 2 is 2.00 bits per heavy atom. The van der Waals surface area contributed by atoms with Gasteiger partial charge in [-0.25, -0.2) is 4.79 Å². The lowest BCUT2D eigenvalue weighted by Gasteiger charge is -2.32. The van der Waals surface area contributed by atoms with Crippen molar-refractivity contribution in [3.05, 3.63) is 68.5 Å². The Kier molecular flexibility index (Phi) is 7.40. The Bertz CT molecular complexity index is 1560. The minimum atomic E-state index is -0.296. The zero-order valence-electron chi connectivity index (χ0n) is 20.9. The minimum absolute atomic E-state index is 0. The number of methoxy groups -OCH3 is 2. The molecule has 1 unspecified atom stereocenters. The van der Waals surface area contributed by atoms with Crippen molar-refractivity contribution in [1.29, 1.82) is 0 Å². The summed E-state index contributed by atoms with van der Waals surface area (Å²) in [7, 11) is 3.34. The fraction of sp³-hybridized carbons (Fsp3) is 0.444. The molecule has 0 saturated carbocycles. The second-order valence-corrected chi connectivity index (χ2v) is 10.7. The summed E-state index contributed by atoms with van der Waals surface area (Å²) in [5, 5.41) is 3.70. The molecule has 8 nitrogen and oxygen atoms in total. The van der Waals surface area contributed by atoms with Gasteiger partial charge >= 0.3 is 5.69 Å². The third kappa shape index (κ3) is 4.27. The second-order valence-electron chi connectivity index (χ2n) is 9.67. The second kappa shape index (κ2) is 10.6. The number of rotatable bonds is 7. The summed E-state index contributed by atoms with van der Waals surface area (Å²) < 4.78 is 15.5. The van der Waals surface area contributed by atoms with Gasteiger partial charge in [0.1, 0.15) is 16.0 Å². The van der Waals surface area contributed by atoms with E-state index in [9.17, 15) is 9.59 Å². The standard InChI is InChI=1S/C27H30N4O4S.ClH/c1-34-14-13-30-24-23-21(7-4-11-28-23)36-25(24)26(32)31(27(30)33)12-10-19-22-16(15-29-19)8-9-17-18(22)5-3-6-20(17)35-2;/h3-7,11,16,19,22,29H,8-10,12-15H2,1-2H3;1H/t16-,19?,22+;/m0./s1. The van der Waals surface area contributed by atoms with Crippen molar-refractivity contribution >= 4 is 44.2 Å². The van der Waals surface area contributed by atoms with Gasteiger partial charge in [0.25, 0.3) is 5.56 Å². The largest absolute Gasteiger partial charge is 0.496 e. The molecule has 6 rings (SSSR count). The lowest BCUT2D eigenvalue weighted by Crippen LogP contribution is -2.41. The van der Waals surface area contributed by atoms with Crippen molar-refractivity contribution in [2.45, 2.75) is 44.3 Å². The van der Waals surface area contributed by atoms with Crippen LogP contribution in [0.1, 0.15) is 29.9 Å². The fourth-order valence-electron chi connectivity index (χ4n) is 6.22. The van der Waals surface area contributed by atoms with Gasteiger partial charge in [-0.1, -0.05) is 12.1 Å². The van der Waals surface area contributed by atoms with Gasteiger partial charge in [-0.2, -0.15) is 0 Å². The van der Waals surface area contributed by atoms with Crippen molar-refractivity contribution in [3.63, 3.8) is 0 Å². The monoisotopic (exact) mass is 542 g/mol. The number of benzene rings is 1. The van der Waals surface area contributed by atoms with E-state index in [1.54, 1.807) is 25.0 Å². The summed E-state index contributed by atoms with van der Waals surface area (Å²) in [4.78, 5) is 31.7. The van der Waals surface area contributed by atoms with Crippen LogP contribution < -0.4 is 21.3 Å². The van der Waals surface area contributed by atoms with Crippen LogP contribution in [0.5, 0.6) is 5.75 Å². The van der Waals surface area contributed by atoms with E-state index < -0.39 is 0 Å². The van der Waals surface area contributed by atoms with Crippen LogP contribution >= 0.6 is 23.7 Å². The molecule has 3 atom stereocenters. The highest BCUT2D eigenvalue weighted by Gasteiger charge is 2.40. The van der Waals surface area contributed by atoms with E-state index in [-0.39, 0.29) is 29.7 Å². The topological polar surface area (TPSA) is 87.4 Å². The first-order chi connectivity index (χ1) is 17.6. The number of thiophene rings is 1. The quantitative estimate of drug-likeness (QED) is 0.384. The molecule has 3 aromatic heterocycles. The fourth-order valence-corrected chi connectivity index (χ4v) is 7.33. The Labute approximate surface area is 224 Å². The molecule has 196 valence electrons. The first-order valence-corrected chi connectivity index (χ1v) is 13.3. The molecule has 0 amide bonds. The molecular formula is C27H31ClN4O4S. The third-order valence-electron chi connectivity index (χ3n) is 7.87. The summed E-state index contributed by atoms with van der Waals surface area (Å²) in [6.45, 7) is 2.07. The molecule has 4 heterocycles. The summed E-state index contributed by atoms with van der Waals surface area (Å²) in [6, 6.07) is 10.3. The molecule has 37 heavy (non-hydrogen) atoms. The number of nitrogens with one attached hydrogen (secondary N) is 1. The first kappa shape index (κ1) is 25.9. The molecule has 4 aromatic rings. The number of hydrogen-bond acceptors (Lipinski definition) is 7. The zero-order valence-corrected chi connectivity index (χ0v) is 22.6. The highest BCUT2D eigenvalue weighted by atomic mass is 35.5. The van der Waals surface area contributed by atoms with E-state index in [0.29, 0.717) is 53.7 Å². The van der Waals surface area contributed by atoms with Gasteiger partial charge in [0, 0.05) is 31.8 Å². The molecule has 1 aromatic carbocycles. The average Bonchev–Trinajstić information content (AvgIpc) is 3.50. The van der Waals surface area contributed by atoms with Gasteiger partial charge in [0.05, 0.1) is 30.5 Å². The molecular weight excluding hydrogens is 512 g/mol. The van der Waals surface area contributed by atoms with Gasteiger partial charge in [0.2, 0.25) is 0 Å². The zero-order chi connectivity index (χ0) is 24.8. The average molecular weight is 543 g/mol. The SMILES string of the molecule is COCCn1c(=O)n(CCC2NC[C@@H]3CCc4c(OC)cccc4[C@H]23)c(=O)c2sc3cccnc3c21.Cl. The molecule has 1 saturated heterocycles. The number of nitrogens with zero attached hydrogens (tertiary/aromatic N) is 3. The number of pyridine rings is 1. The van der Waals surface area contributed by atoms with Crippen LogP contribution in [0.2, 0.25) is 0 Å². The van der Waals surface area contributed by atoms with Gasteiger partial charge in [0.15, 0.2) is 0 Å². The van der Waals surface area contributed by atoms with Crippen molar-refractivity contribution in [2.75, 3.05) is 27.4 Å². The van der Waals surface area contributed by atoms with E-state index in [2.05, 4.69) is 22.4 Å². The van der Waals surface area contributed by atoms with E-state index in [4.69, 9.17) is 9.47 Å². The van der Waals surface area contributed by atoms with Gasteiger partial charge in [-0.15, -0.1) is 23.7 Å². The number of aromatic nitrogens is 3. The van der Waals surface area contributed by atoms with Crippen LogP contribution in [0, 0.1) is 5.92 Å². The summed E-state index contributed by atoms with van der Waals surface area (Å²) in [5.41, 5.74) is 3.43. The van der Waals surface area contributed by atoms with Crippen LogP contribution in [0.25, 0.3) is 20.4 Å². The molecule has 0 bridgehead atoms. The van der Waals surface area contributed by atoms with E-state index in [1.807, 2.05) is 18.2 Å². The maximum Gasteiger partial charge on any atom is 0.331 e. The Balaban J connectivity index is 0.00000280. The summed E-state index contributed by atoms with van der Waals surface area (Å²) in [6.07, 6.45) is 4.54. The highest BCUT2D eigenvalue weighted by Crippen LogP contribution is 2.45. The highest BCUT2D eigenvalue weighted by molar-refractivity contribution is 7.25. The third-order valence-corrected chi connectivity index (χ3v) is 8.99. The van der Waals surface area contributed by atoms with Crippen LogP contribution in [-0.4, -0.2) is 47.5 Å². The predicted octanol–water partition coefficient (Wildman–Crippen LogP) is 3.56. The van der Waals surface area contributed by atoms with E-state index >= 15 is 0 Å². The smallest absolute Gasteiger partial charge is 0.331 e. The molecule has 0 spiro atoms. The first-order valence-electron chi connectivity index (χ1n) is 12.5. The maximum atomic E-state index is 13.6. The maximum absolute atomic E-state index is 13.6. The van der Waals surface area contributed by atoms with Crippen molar-refractivity contribution < 1.29 is 9.47 Å². The van der Waals surface area contributed by atoms with Gasteiger partial charge in [-0.05, 0) is 61.1 Å². The number of hydrogen-bond donors (Lipinski definition) is 1. The Morgan fingerprint density at radius 1 is 1.14 bits per heavy atom. The van der Waals surface area contributed by atoms with Crippen LogP contribution in [0.4, 0.5) is 0 Å². The number of ether oxygens (including phenoxy) is 2. The normalized spacial score (nSPS) is 20.5. The van der Waals surface area contributed by atoms with Gasteiger partial charge < -0.3 is 14.8 Å². The van der Waals surface area contributed by atoms with Crippen molar-refractivity contribution in [1.82, 2.24) is 19.4 Å². The summed E-state index contributed by atoms with van der Waals surface area (Å²) in [5.74, 6) is 1.87. The van der Waals surface area contributed by atoms with Crippen molar-refractivity contribution in [2.24, 2.45) is 5.92 Å². The van der Waals surface area contributed by atoms with Gasteiger partial charge in [-0.3, -0.25) is 18.9 Å². The minimum Gasteiger partial charge on any atom is -0.496 e. The Hall–Kier alpha value is -2.72. The molecule has 1 aliphatic heterocycles. The van der Waals surface area contributed by atoms with E-state index in [1.165, 1.54) is 27.0 Å². The molecule has 10 heteroatoms. The van der Waals surface area contributed by atoms with Crippen LogP contribution in [0.3, 0.4) is 0 Å². The lowest BCUT2D eigenvalue weighted by molar-refractivity contribution is 0.186. The predicted molar refractivity (Wildman–Crippen MR) is 149 cm³/mol. The van der Waals surface area contributed by atoms with Crippen molar-refractivity contribution in [3.8, 4) is 5.75 Å². The van der Waals surface area contributed by atoms with Crippen LogP contribution in [-0.2, 0) is 24.2 Å². The molecule has 1 fully saturated rings. The molecule has 1 aliphatic carbocycles. The number of fused-ring (bicyclic) bond motifs is 6. The lowest BCUT2D eigenvalue weighted by atomic mass is 9.73. The summed E-state index contributed by atoms with van der Waals surface area (Å²) >= 11 is 1.40. The number of halogens is 1. The molecule has 1 N–H and O–H groups in total. The Morgan fingerprint density at radius 3 is 2.81 bits per heavy atom. The van der Waals surface area contributed by atoms with E-state index in [0.717, 1.165) is 29.8 Å².